The molecule has 17 heavy (non-hydrogen) atoms. The van der Waals surface area contributed by atoms with Crippen molar-refractivity contribution in [3.63, 3.8) is 0 Å². The number of nitrogens with one attached hydrogen (secondary N) is 1. The van der Waals surface area contributed by atoms with Crippen LogP contribution in [0, 0.1) is 11.8 Å². The lowest BCUT2D eigenvalue weighted by molar-refractivity contribution is 0.129. The topological polar surface area (TPSA) is 21.3 Å². The Kier molecular flexibility index (Phi) is 6.56. The molecule has 0 aromatic heterocycles. The third-order valence-electron chi connectivity index (χ3n) is 3.09. The number of hydrogen-bond donors (Lipinski definition) is 1. The Morgan fingerprint density at radius 1 is 1.41 bits per heavy atom. The molecule has 0 aliphatic rings. The maximum atomic E-state index is 6.01. The second-order valence-electron chi connectivity index (χ2n) is 4.58. The van der Waals surface area contributed by atoms with Crippen molar-refractivity contribution in [1.82, 2.24) is 5.32 Å². The van der Waals surface area contributed by atoms with E-state index in [9.17, 15) is 0 Å². The van der Waals surface area contributed by atoms with Crippen molar-refractivity contribution in [2.24, 2.45) is 11.8 Å². The average Bonchev–Trinajstić information content (AvgIpc) is 2.29. The average molecular weight is 256 g/mol. The van der Waals surface area contributed by atoms with Gasteiger partial charge in [0.25, 0.3) is 0 Å². The zero-order valence-electron chi connectivity index (χ0n) is 10.9. The first-order valence-corrected chi connectivity index (χ1v) is 6.43. The Balaban J connectivity index is 2.65. The number of ether oxygens (including phenoxy) is 1. The molecular weight excluding hydrogens is 234 g/mol. The van der Waals surface area contributed by atoms with Crippen molar-refractivity contribution in [3.8, 4) is 0 Å². The molecule has 0 radical (unpaired) electrons. The molecule has 2 unspecified atom stereocenters. The maximum absolute atomic E-state index is 6.01. The second kappa shape index (κ2) is 7.70. The Hall–Kier alpha value is -0.570. The van der Waals surface area contributed by atoms with Crippen LogP contribution in [0.3, 0.4) is 0 Å². The lowest BCUT2D eigenvalue weighted by Gasteiger charge is -2.23. The molecule has 0 saturated carbocycles. The van der Waals surface area contributed by atoms with Crippen LogP contribution in [0.15, 0.2) is 24.3 Å². The third-order valence-corrected chi connectivity index (χ3v) is 3.32. The number of rotatable bonds is 7. The van der Waals surface area contributed by atoms with Gasteiger partial charge < -0.3 is 10.1 Å². The minimum atomic E-state index is 0.534. The molecule has 2 atom stereocenters. The van der Waals surface area contributed by atoms with Gasteiger partial charge in [0.2, 0.25) is 0 Å². The number of hydrogen-bond acceptors (Lipinski definition) is 2. The summed E-state index contributed by atoms with van der Waals surface area (Å²) in [5.74, 6) is 1.10. The molecule has 0 spiro atoms. The first-order chi connectivity index (χ1) is 8.17. The van der Waals surface area contributed by atoms with Crippen LogP contribution in [-0.4, -0.2) is 27.3 Å². The van der Waals surface area contributed by atoms with Gasteiger partial charge in [-0.05, 0) is 49.5 Å². The summed E-state index contributed by atoms with van der Waals surface area (Å²) >= 11 is 6.01. The van der Waals surface area contributed by atoms with E-state index in [-0.39, 0.29) is 0 Å². The SMILES string of the molecule is CNCC(Cc1cccc(Cl)c1)C(C)COC. The molecule has 1 aromatic carbocycles. The number of methoxy groups -OCH3 is 1. The van der Waals surface area contributed by atoms with Crippen molar-refractivity contribution in [1.29, 1.82) is 0 Å². The summed E-state index contributed by atoms with van der Waals surface area (Å²) in [5, 5.41) is 4.06. The fraction of sp³-hybridized carbons (Fsp3) is 0.571. The summed E-state index contributed by atoms with van der Waals surface area (Å²) < 4.78 is 5.24. The summed E-state index contributed by atoms with van der Waals surface area (Å²) in [6, 6.07) is 8.10. The van der Waals surface area contributed by atoms with Crippen molar-refractivity contribution in [2.45, 2.75) is 13.3 Å². The Morgan fingerprint density at radius 2 is 2.18 bits per heavy atom. The van der Waals surface area contributed by atoms with E-state index in [2.05, 4.69) is 18.3 Å². The minimum absolute atomic E-state index is 0.534. The van der Waals surface area contributed by atoms with E-state index in [0.29, 0.717) is 11.8 Å². The second-order valence-corrected chi connectivity index (χ2v) is 5.02. The molecule has 0 fully saturated rings. The lowest BCUT2D eigenvalue weighted by Crippen LogP contribution is -2.28. The van der Waals surface area contributed by atoms with E-state index in [1.165, 1.54) is 5.56 Å². The fourth-order valence-electron chi connectivity index (χ4n) is 2.10. The van der Waals surface area contributed by atoms with Gasteiger partial charge in [-0.2, -0.15) is 0 Å². The Morgan fingerprint density at radius 3 is 2.76 bits per heavy atom. The monoisotopic (exact) mass is 255 g/mol. The van der Waals surface area contributed by atoms with Crippen molar-refractivity contribution < 1.29 is 4.74 Å². The molecule has 0 amide bonds. The zero-order chi connectivity index (χ0) is 12.7. The molecule has 1 rings (SSSR count). The molecule has 0 saturated heterocycles. The first-order valence-electron chi connectivity index (χ1n) is 6.05. The summed E-state index contributed by atoms with van der Waals surface area (Å²) in [6.07, 6.45) is 1.03. The third kappa shape index (κ3) is 5.07. The predicted molar refractivity (Wildman–Crippen MR) is 73.6 cm³/mol. The van der Waals surface area contributed by atoms with E-state index < -0.39 is 0 Å². The fourth-order valence-corrected chi connectivity index (χ4v) is 2.32. The van der Waals surface area contributed by atoms with E-state index in [0.717, 1.165) is 24.6 Å². The molecule has 0 aliphatic carbocycles. The molecule has 0 aliphatic heterocycles. The van der Waals surface area contributed by atoms with Crippen molar-refractivity contribution in [3.05, 3.63) is 34.9 Å². The van der Waals surface area contributed by atoms with Crippen LogP contribution < -0.4 is 5.32 Å². The molecule has 0 heterocycles. The molecule has 1 N–H and O–H groups in total. The summed E-state index contributed by atoms with van der Waals surface area (Å²) in [5.41, 5.74) is 1.29. The van der Waals surface area contributed by atoms with Crippen LogP contribution in [0.2, 0.25) is 5.02 Å². The van der Waals surface area contributed by atoms with Gasteiger partial charge in [0, 0.05) is 18.7 Å². The van der Waals surface area contributed by atoms with Crippen molar-refractivity contribution >= 4 is 11.6 Å². The smallest absolute Gasteiger partial charge is 0.0491 e. The summed E-state index contributed by atoms with van der Waals surface area (Å²) in [6.45, 7) is 4.03. The molecule has 96 valence electrons. The number of halogens is 1. The highest BCUT2D eigenvalue weighted by atomic mass is 35.5. The van der Waals surface area contributed by atoms with Gasteiger partial charge in [0.15, 0.2) is 0 Å². The van der Waals surface area contributed by atoms with Gasteiger partial charge in [0.1, 0.15) is 0 Å². The maximum Gasteiger partial charge on any atom is 0.0491 e. The normalized spacial score (nSPS) is 14.6. The predicted octanol–water partition coefficient (Wildman–Crippen LogP) is 3.00. The van der Waals surface area contributed by atoms with Gasteiger partial charge in [-0.15, -0.1) is 0 Å². The van der Waals surface area contributed by atoms with E-state index in [1.807, 2.05) is 25.2 Å². The van der Waals surface area contributed by atoms with Gasteiger partial charge >= 0.3 is 0 Å². The van der Waals surface area contributed by atoms with Crippen molar-refractivity contribution in [2.75, 3.05) is 27.3 Å². The van der Waals surface area contributed by atoms with Gasteiger partial charge in [-0.3, -0.25) is 0 Å². The van der Waals surface area contributed by atoms with Crippen LogP contribution in [0.25, 0.3) is 0 Å². The highest BCUT2D eigenvalue weighted by Crippen LogP contribution is 2.19. The first kappa shape index (κ1) is 14.5. The van der Waals surface area contributed by atoms with Crippen LogP contribution in [0.4, 0.5) is 0 Å². The van der Waals surface area contributed by atoms with E-state index in [4.69, 9.17) is 16.3 Å². The van der Waals surface area contributed by atoms with Crippen LogP contribution in [-0.2, 0) is 11.2 Å². The van der Waals surface area contributed by atoms with Gasteiger partial charge in [0.05, 0.1) is 0 Å². The highest BCUT2D eigenvalue weighted by Gasteiger charge is 2.17. The quantitative estimate of drug-likeness (QED) is 0.809. The van der Waals surface area contributed by atoms with Crippen LogP contribution in [0.1, 0.15) is 12.5 Å². The summed E-state index contributed by atoms with van der Waals surface area (Å²) in [7, 11) is 3.75. The summed E-state index contributed by atoms with van der Waals surface area (Å²) in [4.78, 5) is 0. The molecular formula is C14H22ClNO. The highest BCUT2D eigenvalue weighted by molar-refractivity contribution is 6.30. The largest absolute Gasteiger partial charge is 0.384 e. The van der Waals surface area contributed by atoms with Gasteiger partial charge in [-0.25, -0.2) is 0 Å². The minimum Gasteiger partial charge on any atom is -0.384 e. The number of benzene rings is 1. The molecule has 2 nitrogen and oxygen atoms in total. The Labute approximate surface area is 109 Å². The van der Waals surface area contributed by atoms with E-state index >= 15 is 0 Å². The molecule has 0 bridgehead atoms. The van der Waals surface area contributed by atoms with Crippen LogP contribution >= 0.6 is 11.6 Å². The Bertz CT molecular complexity index is 330. The van der Waals surface area contributed by atoms with E-state index in [1.54, 1.807) is 7.11 Å². The van der Waals surface area contributed by atoms with Crippen LogP contribution in [0.5, 0.6) is 0 Å². The molecule has 3 heteroatoms. The standard InChI is InChI=1S/C14H22ClNO/c1-11(10-17-3)13(9-16-2)7-12-5-4-6-14(15)8-12/h4-6,8,11,13,16H,7,9-10H2,1-3H3. The lowest BCUT2D eigenvalue weighted by atomic mass is 9.88. The zero-order valence-corrected chi connectivity index (χ0v) is 11.6. The van der Waals surface area contributed by atoms with Gasteiger partial charge in [-0.1, -0.05) is 30.7 Å². The molecule has 1 aromatic rings.